The lowest BCUT2D eigenvalue weighted by molar-refractivity contribution is 0.0778. The first kappa shape index (κ1) is 18.3. The van der Waals surface area contributed by atoms with E-state index in [9.17, 15) is 9.59 Å². The van der Waals surface area contributed by atoms with Crippen molar-refractivity contribution in [2.75, 3.05) is 23.7 Å². The number of amides is 3. The maximum atomic E-state index is 12.5. The van der Waals surface area contributed by atoms with Crippen molar-refractivity contribution in [2.45, 2.75) is 13.8 Å². The Labute approximate surface area is 148 Å². The van der Waals surface area contributed by atoms with Crippen LogP contribution in [-0.2, 0) is 0 Å². The van der Waals surface area contributed by atoms with Crippen molar-refractivity contribution in [1.82, 2.24) is 4.90 Å². The summed E-state index contributed by atoms with van der Waals surface area (Å²) in [6, 6.07) is 15.7. The number of hydrogen-bond donors (Lipinski definition) is 2. The number of para-hydroxylation sites is 1. The molecule has 2 aromatic carbocycles. The molecule has 0 saturated heterocycles. The topological polar surface area (TPSA) is 61.4 Å². The van der Waals surface area contributed by atoms with Gasteiger partial charge in [-0.25, -0.2) is 4.79 Å². The lowest BCUT2D eigenvalue weighted by atomic mass is 10.1. The minimum Gasteiger partial charge on any atom is -0.335 e. The molecule has 0 saturated carbocycles. The molecule has 25 heavy (non-hydrogen) atoms. The lowest BCUT2D eigenvalue weighted by Gasteiger charge is -2.21. The van der Waals surface area contributed by atoms with Crippen molar-refractivity contribution in [3.8, 4) is 0 Å². The van der Waals surface area contributed by atoms with Crippen LogP contribution in [0, 0.1) is 0 Å². The number of carbonyl (C=O) groups is 2. The van der Waals surface area contributed by atoms with Crippen LogP contribution in [-0.4, -0.2) is 29.9 Å². The van der Waals surface area contributed by atoms with Crippen LogP contribution in [0.3, 0.4) is 0 Å². The Bertz CT molecular complexity index is 739. The number of likely N-dealkylation sites (N-methyl/N-ethyl adjacent to an activating group) is 1. The molecule has 2 N–H and O–H groups in total. The van der Waals surface area contributed by atoms with Gasteiger partial charge in [-0.3, -0.25) is 4.79 Å². The van der Waals surface area contributed by atoms with Crippen molar-refractivity contribution in [3.63, 3.8) is 0 Å². The van der Waals surface area contributed by atoms with Crippen LogP contribution in [0.15, 0.2) is 66.7 Å². The summed E-state index contributed by atoms with van der Waals surface area (Å²) in [6.45, 7) is 8.84. The third-order valence-electron chi connectivity index (χ3n) is 3.55. The number of nitrogens with zero attached hydrogens (tertiary/aromatic N) is 1. The molecule has 0 unspecified atom stereocenters. The third-order valence-corrected chi connectivity index (χ3v) is 3.55. The summed E-state index contributed by atoms with van der Waals surface area (Å²) in [5.74, 6) is -0.0502. The van der Waals surface area contributed by atoms with Gasteiger partial charge >= 0.3 is 6.03 Å². The maximum absolute atomic E-state index is 12.5. The predicted molar refractivity (Wildman–Crippen MR) is 102 cm³/mol. The molecule has 0 spiro atoms. The number of urea groups is 1. The molecule has 2 aromatic rings. The standard InChI is InChI=1S/C20H23N3O2/c1-4-23(14-15(2)3)19(24)16-10-12-18(13-11-16)22-20(25)21-17-8-6-5-7-9-17/h5-13H,2,4,14H2,1,3H3,(H2,21,22,25). The van der Waals surface area contributed by atoms with Crippen molar-refractivity contribution >= 4 is 23.3 Å². The molecule has 2 rings (SSSR count). The summed E-state index contributed by atoms with van der Waals surface area (Å²) in [5.41, 5.74) is 2.85. The first-order chi connectivity index (χ1) is 12.0. The Hall–Kier alpha value is -3.08. The van der Waals surface area contributed by atoms with Crippen molar-refractivity contribution in [1.29, 1.82) is 0 Å². The van der Waals surface area contributed by atoms with Gasteiger partial charge in [-0.05, 0) is 50.2 Å². The van der Waals surface area contributed by atoms with E-state index < -0.39 is 0 Å². The Morgan fingerprint density at radius 1 is 0.960 bits per heavy atom. The SMILES string of the molecule is C=C(C)CN(CC)C(=O)c1ccc(NC(=O)Nc2ccccc2)cc1. The minimum atomic E-state index is -0.331. The van der Waals surface area contributed by atoms with Gasteiger partial charge in [0.25, 0.3) is 5.91 Å². The van der Waals surface area contributed by atoms with E-state index in [4.69, 9.17) is 0 Å². The van der Waals surface area contributed by atoms with Crippen molar-refractivity contribution < 1.29 is 9.59 Å². The number of carbonyl (C=O) groups excluding carboxylic acids is 2. The quantitative estimate of drug-likeness (QED) is 0.769. The Kier molecular flexibility index (Phi) is 6.34. The molecule has 0 heterocycles. The molecule has 0 aromatic heterocycles. The predicted octanol–water partition coefficient (Wildman–Crippen LogP) is 4.37. The number of rotatable bonds is 6. The highest BCUT2D eigenvalue weighted by molar-refractivity contribution is 6.00. The van der Waals surface area contributed by atoms with Gasteiger partial charge in [-0.2, -0.15) is 0 Å². The van der Waals surface area contributed by atoms with E-state index in [1.807, 2.05) is 44.2 Å². The summed E-state index contributed by atoms with van der Waals surface area (Å²) in [5, 5.41) is 5.48. The van der Waals surface area contributed by atoms with Gasteiger partial charge in [0.2, 0.25) is 0 Å². The van der Waals surface area contributed by atoms with Gasteiger partial charge in [0.1, 0.15) is 0 Å². The fourth-order valence-corrected chi connectivity index (χ4v) is 2.35. The average molecular weight is 337 g/mol. The van der Waals surface area contributed by atoms with E-state index in [0.29, 0.717) is 30.0 Å². The van der Waals surface area contributed by atoms with Gasteiger partial charge in [0.15, 0.2) is 0 Å². The van der Waals surface area contributed by atoms with Crippen molar-refractivity contribution in [3.05, 3.63) is 72.3 Å². The monoisotopic (exact) mass is 337 g/mol. The highest BCUT2D eigenvalue weighted by atomic mass is 16.2. The van der Waals surface area contributed by atoms with Crippen LogP contribution in [0.25, 0.3) is 0 Å². The number of hydrogen-bond acceptors (Lipinski definition) is 2. The molecule has 0 aliphatic heterocycles. The Morgan fingerprint density at radius 3 is 2.04 bits per heavy atom. The van der Waals surface area contributed by atoms with Gasteiger partial charge in [-0.1, -0.05) is 30.4 Å². The second kappa shape index (κ2) is 8.68. The van der Waals surface area contributed by atoms with Gasteiger partial charge < -0.3 is 15.5 Å². The molecule has 0 radical (unpaired) electrons. The third kappa shape index (κ3) is 5.49. The molecule has 0 bridgehead atoms. The molecule has 0 aliphatic rings. The second-order valence-electron chi connectivity index (χ2n) is 5.80. The zero-order valence-corrected chi connectivity index (χ0v) is 14.6. The van der Waals surface area contributed by atoms with Crippen LogP contribution in [0.4, 0.5) is 16.2 Å². The van der Waals surface area contributed by atoms with Gasteiger partial charge in [0, 0.05) is 30.0 Å². The number of benzene rings is 2. The van der Waals surface area contributed by atoms with Crippen LogP contribution in [0.2, 0.25) is 0 Å². The average Bonchev–Trinajstić information content (AvgIpc) is 2.60. The fourth-order valence-electron chi connectivity index (χ4n) is 2.35. The van der Waals surface area contributed by atoms with Gasteiger partial charge in [-0.15, -0.1) is 0 Å². The summed E-state index contributed by atoms with van der Waals surface area (Å²) in [6.07, 6.45) is 0. The molecule has 0 aliphatic carbocycles. The van der Waals surface area contributed by atoms with E-state index in [0.717, 1.165) is 5.57 Å². The second-order valence-corrected chi connectivity index (χ2v) is 5.80. The minimum absolute atomic E-state index is 0.0502. The maximum Gasteiger partial charge on any atom is 0.323 e. The van der Waals surface area contributed by atoms with E-state index in [2.05, 4.69) is 17.2 Å². The first-order valence-corrected chi connectivity index (χ1v) is 8.16. The molecule has 130 valence electrons. The Morgan fingerprint density at radius 2 is 1.52 bits per heavy atom. The van der Waals surface area contributed by atoms with Crippen LogP contribution in [0.5, 0.6) is 0 Å². The lowest BCUT2D eigenvalue weighted by Crippen LogP contribution is -2.32. The zero-order valence-electron chi connectivity index (χ0n) is 14.6. The molecule has 5 heteroatoms. The molecule has 0 atom stereocenters. The zero-order chi connectivity index (χ0) is 18.2. The van der Waals surface area contributed by atoms with Crippen LogP contribution < -0.4 is 10.6 Å². The van der Waals surface area contributed by atoms with E-state index >= 15 is 0 Å². The molecular formula is C20H23N3O2. The van der Waals surface area contributed by atoms with Crippen LogP contribution >= 0.6 is 0 Å². The Balaban J connectivity index is 1.98. The first-order valence-electron chi connectivity index (χ1n) is 8.16. The number of nitrogens with one attached hydrogen (secondary N) is 2. The normalized spacial score (nSPS) is 10.0. The van der Waals surface area contributed by atoms with Crippen molar-refractivity contribution in [2.24, 2.45) is 0 Å². The molecular weight excluding hydrogens is 314 g/mol. The molecule has 3 amide bonds. The van der Waals surface area contributed by atoms with Crippen LogP contribution in [0.1, 0.15) is 24.2 Å². The van der Waals surface area contributed by atoms with Gasteiger partial charge in [0.05, 0.1) is 0 Å². The van der Waals surface area contributed by atoms with E-state index in [1.54, 1.807) is 29.2 Å². The highest BCUT2D eigenvalue weighted by Crippen LogP contribution is 2.13. The molecule has 5 nitrogen and oxygen atoms in total. The number of anilines is 2. The largest absolute Gasteiger partial charge is 0.335 e. The highest BCUT2D eigenvalue weighted by Gasteiger charge is 2.14. The fraction of sp³-hybridized carbons (Fsp3) is 0.200. The van der Waals surface area contributed by atoms with E-state index in [-0.39, 0.29) is 11.9 Å². The smallest absolute Gasteiger partial charge is 0.323 e. The summed E-state index contributed by atoms with van der Waals surface area (Å²) in [4.78, 5) is 26.2. The molecule has 0 fully saturated rings. The summed E-state index contributed by atoms with van der Waals surface area (Å²) >= 11 is 0. The summed E-state index contributed by atoms with van der Waals surface area (Å²) in [7, 11) is 0. The summed E-state index contributed by atoms with van der Waals surface area (Å²) < 4.78 is 0. The van der Waals surface area contributed by atoms with E-state index in [1.165, 1.54) is 0 Å².